The van der Waals surface area contributed by atoms with E-state index >= 15 is 4.79 Å². The number of carbonyl (C=O) groups excluding carboxylic acids is 6. The summed E-state index contributed by atoms with van der Waals surface area (Å²) < 4.78 is 36.7. The highest BCUT2D eigenvalue weighted by Crippen LogP contribution is 2.78. The summed E-state index contributed by atoms with van der Waals surface area (Å²) in [5, 5.41) is 0. The van der Waals surface area contributed by atoms with Crippen molar-refractivity contribution in [3.63, 3.8) is 0 Å². The van der Waals surface area contributed by atoms with Crippen LogP contribution in [0.1, 0.15) is 71.7 Å². The summed E-state index contributed by atoms with van der Waals surface area (Å²) in [5.41, 5.74) is -5.18. The van der Waals surface area contributed by atoms with Gasteiger partial charge in [0.2, 0.25) is 5.78 Å². The molecule has 12 heteroatoms. The van der Waals surface area contributed by atoms with Crippen molar-refractivity contribution in [2.45, 2.75) is 90.8 Å². The fourth-order valence-corrected chi connectivity index (χ4v) is 10.1. The largest absolute Gasteiger partial charge is 0.465 e. The van der Waals surface area contributed by atoms with Crippen LogP contribution in [0.25, 0.3) is 0 Å². The molecule has 5 fully saturated rings. The fraction of sp³-hybridized carbons (Fsp3) is 0.657. The molecule has 1 saturated heterocycles. The van der Waals surface area contributed by atoms with Crippen LogP contribution in [0, 0.1) is 40.4 Å². The van der Waals surface area contributed by atoms with Crippen molar-refractivity contribution in [1.29, 1.82) is 0 Å². The first-order valence-electron chi connectivity index (χ1n) is 16.1. The number of ether oxygens (including phenoxy) is 6. The quantitative estimate of drug-likeness (QED) is 0.313. The maximum absolute atomic E-state index is 15.2. The molecular weight excluding hydrogens is 612 g/mol. The van der Waals surface area contributed by atoms with Gasteiger partial charge in [-0.1, -0.05) is 32.0 Å². The topological polar surface area (TPSA) is 158 Å². The average molecular weight is 655 g/mol. The molecule has 6 rings (SSSR count). The van der Waals surface area contributed by atoms with Crippen LogP contribution < -0.4 is 0 Å². The Morgan fingerprint density at radius 2 is 1.53 bits per heavy atom. The number of carbonyl (C=O) groups is 6. The third kappa shape index (κ3) is 4.80. The molecule has 0 radical (unpaired) electrons. The Hall–Kier alpha value is -3.80. The van der Waals surface area contributed by atoms with Crippen LogP contribution in [-0.4, -0.2) is 78.4 Å². The van der Waals surface area contributed by atoms with E-state index in [0.29, 0.717) is 12.0 Å². The van der Waals surface area contributed by atoms with Gasteiger partial charge in [0.15, 0.2) is 5.60 Å². The van der Waals surface area contributed by atoms with E-state index in [1.54, 1.807) is 44.2 Å². The first-order chi connectivity index (χ1) is 22.0. The molecule has 0 spiro atoms. The van der Waals surface area contributed by atoms with Gasteiger partial charge in [-0.25, -0.2) is 4.79 Å². The molecule has 0 aromatic heterocycles. The molecule has 2 bridgehead atoms. The number of fused-ring (bicyclic) bond motifs is 2. The summed E-state index contributed by atoms with van der Waals surface area (Å²) in [6, 6.07) is 8.45. The summed E-state index contributed by atoms with van der Waals surface area (Å²) in [5.74, 6) is -6.44. The SMILES string of the molecule is CC(=O)OC[C@@]1(C)[C@@H]2[C@@H]3[C@@]4(CO[C@]3(C)C(=O)[C@@]3(OC(C)=O)C[C@H](C)[C@H](OC(C)=O)[C@@H]3[C@H]4OC(C)=O)[C@H](OC(=O)c3ccccc3)C[C@@H]21. The minimum Gasteiger partial charge on any atom is -0.465 e. The van der Waals surface area contributed by atoms with Gasteiger partial charge in [0.1, 0.15) is 23.9 Å². The van der Waals surface area contributed by atoms with Crippen molar-refractivity contribution < 1.29 is 57.2 Å². The molecule has 4 aliphatic carbocycles. The second-order valence-corrected chi connectivity index (χ2v) is 14.5. The Kier molecular flexibility index (Phi) is 7.85. The maximum Gasteiger partial charge on any atom is 0.338 e. The molecule has 254 valence electrons. The molecule has 5 aliphatic rings. The van der Waals surface area contributed by atoms with Gasteiger partial charge in [-0.05, 0) is 43.2 Å². The van der Waals surface area contributed by atoms with Crippen molar-refractivity contribution in [2.24, 2.45) is 40.4 Å². The minimum atomic E-state index is -1.89. The normalized spacial score (nSPS) is 42.5. The lowest BCUT2D eigenvalue weighted by molar-refractivity contribution is -0.213. The first kappa shape index (κ1) is 33.1. The molecule has 47 heavy (non-hydrogen) atoms. The number of esters is 5. The Morgan fingerprint density at radius 1 is 0.872 bits per heavy atom. The van der Waals surface area contributed by atoms with Crippen molar-refractivity contribution in [1.82, 2.24) is 0 Å². The molecule has 12 atom stereocenters. The highest BCUT2D eigenvalue weighted by Gasteiger charge is 2.87. The third-order valence-corrected chi connectivity index (χ3v) is 11.7. The van der Waals surface area contributed by atoms with E-state index in [9.17, 15) is 24.0 Å². The lowest BCUT2D eigenvalue weighted by Gasteiger charge is -2.50. The third-order valence-electron chi connectivity index (χ3n) is 11.7. The molecular formula is C35H42O12. The first-order valence-corrected chi connectivity index (χ1v) is 16.1. The number of hydrogen-bond donors (Lipinski definition) is 0. The zero-order valence-electron chi connectivity index (χ0n) is 27.7. The Labute approximate surface area is 273 Å². The second-order valence-electron chi connectivity index (χ2n) is 14.5. The summed E-state index contributed by atoms with van der Waals surface area (Å²) >= 11 is 0. The highest BCUT2D eigenvalue weighted by molar-refractivity contribution is 5.98. The van der Waals surface area contributed by atoms with Crippen LogP contribution in [0.5, 0.6) is 0 Å². The van der Waals surface area contributed by atoms with Gasteiger partial charge in [0, 0.05) is 45.4 Å². The smallest absolute Gasteiger partial charge is 0.338 e. The van der Waals surface area contributed by atoms with E-state index in [0.717, 1.165) is 0 Å². The van der Waals surface area contributed by atoms with E-state index in [2.05, 4.69) is 0 Å². The maximum atomic E-state index is 15.2. The van der Waals surface area contributed by atoms with Crippen LogP contribution in [-0.2, 0) is 52.4 Å². The monoisotopic (exact) mass is 654 g/mol. The van der Waals surface area contributed by atoms with Gasteiger partial charge in [0.25, 0.3) is 0 Å². The van der Waals surface area contributed by atoms with E-state index in [4.69, 9.17) is 28.4 Å². The Morgan fingerprint density at radius 3 is 2.13 bits per heavy atom. The summed E-state index contributed by atoms with van der Waals surface area (Å²) in [4.78, 5) is 79.4. The van der Waals surface area contributed by atoms with Gasteiger partial charge < -0.3 is 28.4 Å². The summed E-state index contributed by atoms with van der Waals surface area (Å²) in [7, 11) is 0. The molecule has 1 heterocycles. The van der Waals surface area contributed by atoms with Crippen LogP contribution in [0.15, 0.2) is 30.3 Å². The summed E-state index contributed by atoms with van der Waals surface area (Å²) in [6.45, 7) is 10.3. The zero-order chi connectivity index (χ0) is 34.3. The zero-order valence-corrected chi connectivity index (χ0v) is 27.7. The number of Topliss-reactive ketones (excluding diaryl/α,β-unsaturated/α-hetero) is 1. The molecule has 1 aliphatic heterocycles. The molecule has 12 nitrogen and oxygen atoms in total. The average Bonchev–Trinajstić information content (AvgIpc) is 3.29. The van der Waals surface area contributed by atoms with Crippen LogP contribution in [0.3, 0.4) is 0 Å². The summed E-state index contributed by atoms with van der Waals surface area (Å²) in [6.07, 6.45) is -2.92. The molecule has 0 unspecified atom stereocenters. The molecule has 1 aromatic rings. The van der Waals surface area contributed by atoms with Gasteiger partial charge in [-0.2, -0.15) is 0 Å². The number of hydrogen-bond acceptors (Lipinski definition) is 12. The van der Waals surface area contributed by atoms with Crippen molar-refractivity contribution in [3.05, 3.63) is 35.9 Å². The standard InChI is InChI=1S/C35H42O12/c1-17-14-35(47-21(5)39)26(27(17)44-19(3)37)29(45-20(4)38)34-16-43-33(7,31(35)41)28(34)25-23(32(25,6)15-42-18(2)36)13-24(34)46-30(40)22-11-9-8-10-12-22/h8-12,17,23-29H,13-16H2,1-7H3/t17-,23-,24+,25-,26+,27-,28-,29+,32+,33-,34+,35+/m0/s1. The number of benzene rings is 1. The highest BCUT2D eigenvalue weighted by atomic mass is 16.6. The van der Waals surface area contributed by atoms with Gasteiger partial charge in [-0.15, -0.1) is 0 Å². The van der Waals surface area contributed by atoms with Gasteiger partial charge in [0.05, 0.1) is 30.1 Å². The molecule has 4 saturated carbocycles. The predicted octanol–water partition coefficient (Wildman–Crippen LogP) is 3.23. The number of rotatable bonds is 7. The van der Waals surface area contributed by atoms with E-state index in [1.807, 2.05) is 6.92 Å². The molecule has 0 N–H and O–H groups in total. The van der Waals surface area contributed by atoms with Gasteiger partial charge >= 0.3 is 29.8 Å². The van der Waals surface area contributed by atoms with Crippen molar-refractivity contribution in [2.75, 3.05) is 13.2 Å². The van der Waals surface area contributed by atoms with Crippen LogP contribution in [0.2, 0.25) is 0 Å². The second kappa shape index (κ2) is 11.1. The molecule has 1 aromatic carbocycles. The minimum absolute atomic E-state index is 0.0131. The van der Waals surface area contributed by atoms with Gasteiger partial charge in [-0.3, -0.25) is 24.0 Å². The Balaban J connectivity index is 1.60. The van der Waals surface area contributed by atoms with Crippen LogP contribution in [0.4, 0.5) is 0 Å². The van der Waals surface area contributed by atoms with Crippen molar-refractivity contribution >= 4 is 35.6 Å². The van der Waals surface area contributed by atoms with E-state index in [1.165, 1.54) is 27.7 Å². The predicted molar refractivity (Wildman–Crippen MR) is 160 cm³/mol. The fourth-order valence-electron chi connectivity index (χ4n) is 10.1. The molecule has 0 amide bonds. The lowest BCUT2D eigenvalue weighted by atomic mass is 9.57. The lowest BCUT2D eigenvalue weighted by Crippen LogP contribution is -2.62. The van der Waals surface area contributed by atoms with Crippen molar-refractivity contribution in [3.8, 4) is 0 Å². The van der Waals surface area contributed by atoms with E-state index < -0.39 is 93.7 Å². The van der Waals surface area contributed by atoms with Crippen LogP contribution >= 0.6 is 0 Å². The van der Waals surface area contributed by atoms with E-state index in [-0.39, 0.29) is 31.5 Å². The Bertz CT molecular complexity index is 1520. The number of ketones is 1.